The Morgan fingerprint density at radius 1 is 1.03 bits per heavy atom. The van der Waals surface area contributed by atoms with Crippen LogP contribution in [0, 0.1) is 0 Å². The summed E-state index contributed by atoms with van der Waals surface area (Å²) in [6.45, 7) is 8.74. The summed E-state index contributed by atoms with van der Waals surface area (Å²) in [6, 6.07) is 9.44. The number of piperazine rings is 1. The Morgan fingerprint density at radius 2 is 1.75 bits per heavy atom. The Balaban J connectivity index is 1.44. The summed E-state index contributed by atoms with van der Waals surface area (Å²) in [7, 11) is 4.29. The maximum Gasteiger partial charge on any atom is 0.227 e. The van der Waals surface area contributed by atoms with Crippen LogP contribution in [0.4, 0.5) is 5.95 Å². The van der Waals surface area contributed by atoms with Crippen molar-refractivity contribution in [2.75, 3.05) is 51.7 Å². The Bertz CT molecular complexity index is 1130. The first-order valence-electron chi connectivity index (χ1n) is 13.8. The fraction of sp³-hybridized carbons (Fsp3) is 0.586. The molecule has 5 rings (SSSR count). The second kappa shape index (κ2) is 11.3. The number of likely N-dealkylation sites (N-methyl/N-ethyl adjacent to an activating group) is 1. The van der Waals surface area contributed by atoms with E-state index in [1.165, 1.54) is 16.7 Å². The smallest absolute Gasteiger partial charge is 0.227 e. The molecule has 1 saturated carbocycles. The summed E-state index contributed by atoms with van der Waals surface area (Å²) in [6.07, 6.45) is 10.1. The molecule has 1 saturated heterocycles. The van der Waals surface area contributed by atoms with Crippen molar-refractivity contribution in [3.8, 4) is 11.1 Å². The zero-order chi connectivity index (χ0) is 25.1. The van der Waals surface area contributed by atoms with Crippen LogP contribution in [-0.2, 0) is 6.54 Å². The van der Waals surface area contributed by atoms with E-state index in [2.05, 4.69) is 70.7 Å². The van der Waals surface area contributed by atoms with Crippen LogP contribution >= 0.6 is 0 Å². The van der Waals surface area contributed by atoms with E-state index in [1.54, 1.807) is 0 Å². The molecule has 0 spiro atoms. The second-order valence-corrected chi connectivity index (χ2v) is 10.9. The summed E-state index contributed by atoms with van der Waals surface area (Å²) in [4.78, 5) is 17.0. The van der Waals surface area contributed by atoms with Gasteiger partial charge in [-0.15, -0.1) is 0 Å². The van der Waals surface area contributed by atoms with Crippen LogP contribution in [0.25, 0.3) is 22.2 Å². The number of benzene rings is 1. The number of aliphatic hydroxyl groups excluding tert-OH is 1. The Morgan fingerprint density at radius 3 is 2.44 bits per heavy atom. The quantitative estimate of drug-likeness (QED) is 0.500. The number of aromatic nitrogens is 3. The monoisotopic (exact) mass is 490 g/mol. The molecule has 0 atom stereocenters. The molecule has 1 N–H and O–H groups in total. The van der Waals surface area contributed by atoms with Crippen LogP contribution in [0.5, 0.6) is 0 Å². The van der Waals surface area contributed by atoms with E-state index in [0.717, 1.165) is 94.8 Å². The van der Waals surface area contributed by atoms with Crippen molar-refractivity contribution in [3.05, 3.63) is 42.2 Å². The molecule has 0 amide bonds. The molecular weight excluding hydrogens is 448 g/mol. The van der Waals surface area contributed by atoms with Gasteiger partial charge in [0, 0.05) is 75.7 Å². The molecular formula is C29H42N6O. The summed E-state index contributed by atoms with van der Waals surface area (Å²) >= 11 is 0. The molecule has 0 unspecified atom stereocenters. The normalized spacial score (nSPS) is 21.8. The lowest BCUT2D eigenvalue weighted by Crippen LogP contribution is -2.43. The SMILES string of the molecule is CCCCN(C)c1ncc2c(-c3ccc(CN4CCN(C)CC4)cc3)cn(C3CCC(O)CC3)c2n1. The van der Waals surface area contributed by atoms with Gasteiger partial charge < -0.3 is 19.5 Å². The summed E-state index contributed by atoms with van der Waals surface area (Å²) in [5.41, 5.74) is 4.79. The Labute approximate surface area is 215 Å². The third kappa shape index (κ3) is 5.58. The van der Waals surface area contributed by atoms with E-state index in [1.807, 2.05) is 6.20 Å². The summed E-state index contributed by atoms with van der Waals surface area (Å²) in [5.74, 6) is 0.792. The highest BCUT2D eigenvalue weighted by Gasteiger charge is 2.24. The molecule has 1 aromatic carbocycles. The van der Waals surface area contributed by atoms with Gasteiger partial charge in [-0.3, -0.25) is 4.90 Å². The first kappa shape index (κ1) is 25.2. The maximum absolute atomic E-state index is 10.1. The summed E-state index contributed by atoms with van der Waals surface area (Å²) < 4.78 is 2.37. The van der Waals surface area contributed by atoms with Crippen molar-refractivity contribution in [2.45, 2.75) is 64.1 Å². The maximum atomic E-state index is 10.1. The van der Waals surface area contributed by atoms with Gasteiger partial charge in [0.25, 0.3) is 0 Å². The third-order valence-corrected chi connectivity index (χ3v) is 8.07. The van der Waals surface area contributed by atoms with Gasteiger partial charge in [0.2, 0.25) is 5.95 Å². The predicted octanol–water partition coefficient (Wildman–Crippen LogP) is 4.56. The minimum absolute atomic E-state index is 0.166. The number of unbranched alkanes of at least 4 members (excludes halogenated alkanes) is 1. The fourth-order valence-electron chi connectivity index (χ4n) is 5.60. The Kier molecular flexibility index (Phi) is 7.89. The summed E-state index contributed by atoms with van der Waals surface area (Å²) in [5, 5.41) is 11.2. The van der Waals surface area contributed by atoms with Gasteiger partial charge in [-0.25, -0.2) is 4.98 Å². The lowest BCUT2D eigenvalue weighted by atomic mass is 9.93. The van der Waals surface area contributed by atoms with Crippen LogP contribution in [0.2, 0.25) is 0 Å². The third-order valence-electron chi connectivity index (χ3n) is 8.07. The van der Waals surface area contributed by atoms with Crippen LogP contribution in [0.3, 0.4) is 0 Å². The largest absolute Gasteiger partial charge is 0.393 e. The van der Waals surface area contributed by atoms with Crippen molar-refractivity contribution < 1.29 is 5.11 Å². The number of rotatable bonds is 8. The van der Waals surface area contributed by atoms with E-state index < -0.39 is 0 Å². The van der Waals surface area contributed by atoms with Gasteiger partial charge >= 0.3 is 0 Å². The first-order chi connectivity index (χ1) is 17.5. The highest BCUT2D eigenvalue weighted by Crippen LogP contribution is 2.37. The van der Waals surface area contributed by atoms with Crippen molar-refractivity contribution in [3.63, 3.8) is 0 Å². The van der Waals surface area contributed by atoms with E-state index in [-0.39, 0.29) is 6.10 Å². The molecule has 2 aromatic heterocycles. The van der Waals surface area contributed by atoms with Crippen LogP contribution in [0.15, 0.2) is 36.7 Å². The molecule has 3 aromatic rings. The van der Waals surface area contributed by atoms with Gasteiger partial charge in [-0.1, -0.05) is 37.6 Å². The molecule has 7 nitrogen and oxygen atoms in total. The van der Waals surface area contributed by atoms with E-state index in [0.29, 0.717) is 6.04 Å². The molecule has 7 heteroatoms. The van der Waals surface area contributed by atoms with Gasteiger partial charge in [-0.05, 0) is 50.3 Å². The molecule has 2 fully saturated rings. The van der Waals surface area contributed by atoms with Crippen molar-refractivity contribution in [1.29, 1.82) is 0 Å². The molecule has 1 aliphatic heterocycles. The minimum Gasteiger partial charge on any atom is -0.393 e. The number of hydrogen-bond donors (Lipinski definition) is 1. The van der Waals surface area contributed by atoms with Crippen LogP contribution in [-0.4, -0.2) is 82.4 Å². The van der Waals surface area contributed by atoms with Crippen molar-refractivity contribution in [2.24, 2.45) is 0 Å². The van der Waals surface area contributed by atoms with E-state index >= 15 is 0 Å². The van der Waals surface area contributed by atoms with Crippen LogP contribution < -0.4 is 4.90 Å². The molecule has 194 valence electrons. The van der Waals surface area contributed by atoms with E-state index in [9.17, 15) is 5.11 Å². The lowest BCUT2D eigenvalue weighted by molar-refractivity contribution is 0.111. The van der Waals surface area contributed by atoms with Crippen molar-refractivity contribution in [1.82, 2.24) is 24.3 Å². The highest BCUT2D eigenvalue weighted by atomic mass is 16.3. The zero-order valence-electron chi connectivity index (χ0n) is 22.2. The zero-order valence-corrected chi connectivity index (χ0v) is 22.2. The second-order valence-electron chi connectivity index (χ2n) is 10.9. The number of nitrogens with zero attached hydrogens (tertiary/aromatic N) is 6. The van der Waals surface area contributed by atoms with Crippen molar-refractivity contribution >= 4 is 17.0 Å². The van der Waals surface area contributed by atoms with E-state index in [4.69, 9.17) is 9.97 Å². The molecule has 3 heterocycles. The molecule has 36 heavy (non-hydrogen) atoms. The molecule has 2 aliphatic rings. The van der Waals surface area contributed by atoms with Gasteiger partial charge in [0.05, 0.1) is 6.10 Å². The number of hydrogen-bond acceptors (Lipinski definition) is 6. The molecule has 0 radical (unpaired) electrons. The topological polar surface area (TPSA) is 60.7 Å². The number of anilines is 1. The van der Waals surface area contributed by atoms with Gasteiger partial charge in [0.1, 0.15) is 5.65 Å². The Hall–Kier alpha value is -2.48. The number of aliphatic hydroxyl groups is 1. The average Bonchev–Trinajstić information content (AvgIpc) is 3.28. The van der Waals surface area contributed by atoms with Gasteiger partial charge in [0.15, 0.2) is 0 Å². The minimum atomic E-state index is -0.166. The van der Waals surface area contributed by atoms with Crippen LogP contribution in [0.1, 0.15) is 57.1 Å². The standard InChI is InChI=1S/C29H42N6O/c1-4-5-14-33(3)29-30-19-26-27(21-35(28(26)31-29)24-10-12-25(36)13-11-24)23-8-6-22(7-9-23)20-34-17-15-32(2)16-18-34/h6-9,19,21,24-25,36H,4-5,10-18,20H2,1-3H3. The average molecular weight is 491 g/mol. The number of fused-ring (bicyclic) bond motifs is 1. The highest BCUT2D eigenvalue weighted by molar-refractivity contribution is 5.94. The van der Waals surface area contributed by atoms with Gasteiger partial charge in [-0.2, -0.15) is 4.98 Å². The first-order valence-corrected chi connectivity index (χ1v) is 13.8. The lowest BCUT2D eigenvalue weighted by Gasteiger charge is -2.32. The molecule has 1 aliphatic carbocycles. The fourth-order valence-corrected chi connectivity index (χ4v) is 5.60. The predicted molar refractivity (Wildman–Crippen MR) is 147 cm³/mol. The molecule has 0 bridgehead atoms.